The molecular formula is C8H18N2S. The minimum atomic E-state index is 0.312. The Morgan fingerprint density at radius 2 is 2.09 bits per heavy atom. The summed E-state index contributed by atoms with van der Waals surface area (Å²) in [6.07, 6.45) is 2.50. The van der Waals surface area contributed by atoms with Gasteiger partial charge >= 0.3 is 0 Å². The summed E-state index contributed by atoms with van der Waals surface area (Å²) in [4.78, 5) is 2.36. The van der Waals surface area contributed by atoms with Gasteiger partial charge in [0, 0.05) is 11.8 Å². The van der Waals surface area contributed by atoms with Crippen LogP contribution in [0.4, 0.5) is 0 Å². The van der Waals surface area contributed by atoms with Crippen LogP contribution < -0.4 is 5.73 Å². The third kappa shape index (κ3) is 2.65. The van der Waals surface area contributed by atoms with Crippen molar-refractivity contribution in [2.45, 2.75) is 18.9 Å². The maximum absolute atomic E-state index is 5.90. The Hall–Kier alpha value is 0.270. The van der Waals surface area contributed by atoms with Gasteiger partial charge in [-0.3, -0.25) is 0 Å². The van der Waals surface area contributed by atoms with Crippen molar-refractivity contribution in [2.24, 2.45) is 11.7 Å². The van der Waals surface area contributed by atoms with Gasteiger partial charge in [-0.15, -0.1) is 0 Å². The van der Waals surface area contributed by atoms with Crippen molar-refractivity contribution in [1.82, 2.24) is 4.90 Å². The minimum Gasteiger partial charge on any atom is -0.327 e. The topological polar surface area (TPSA) is 29.3 Å². The molecule has 0 aromatic carbocycles. The summed E-state index contributed by atoms with van der Waals surface area (Å²) in [7, 11) is 2.17. The van der Waals surface area contributed by atoms with Crippen LogP contribution in [0, 0.1) is 5.92 Å². The number of thiol groups is 1. The summed E-state index contributed by atoms with van der Waals surface area (Å²) >= 11 is 4.21. The number of rotatable bonds is 2. The van der Waals surface area contributed by atoms with Gasteiger partial charge in [-0.05, 0) is 38.9 Å². The highest BCUT2D eigenvalue weighted by atomic mass is 32.1. The second kappa shape index (κ2) is 4.33. The Morgan fingerprint density at radius 1 is 1.55 bits per heavy atom. The van der Waals surface area contributed by atoms with E-state index >= 15 is 0 Å². The number of nitrogens with two attached hydrogens (primary N) is 1. The molecule has 0 saturated carbocycles. The number of nitrogens with zero attached hydrogens (tertiary/aromatic N) is 1. The first-order valence-corrected chi connectivity index (χ1v) is 4.92. The standard InChI is InChI=1S/C8H18N2S/c1-10-4-2-7(3-5-10)8(9)6-11/h7-8,11H,2-6,9H2,1H3. The first-order chi connectivity index (χ1) is 5.24. The Kier molecular flexibility index (Phi) is 3.69. The average Bonchev–Trinajstić information content (AvgIpc) is 2.05. The molecule has 11 heavy (non-hydrogen) atoms. The minimum absolute atomic E-state index is 0.312. The fraction of sp³-hybridized carbons (Fsp3) is 1.00. The predicted molar refractivity (Wildman–Crippen MR) is 52.0 cm³/mol. The van der Waals surface area contributed by atoms with E-state index in [0.717, 1.165) is 5.75 Å². The molecule has 1 atom stereocenters. The molecule has 0 radical (unpaired) electrons. The van der Waals surface area contributed by atoms with Crippen molar-refractivity contribution in [1.29, 1.82) is 0 Å². The van der Waals surface area contributed by atoms with Gasteiger partial charge in [-0.2, -0.15) is 12.6 Å². The molecule has 1 saturated heterocycles. The summed E-state index contributed by atoms with van der Waals surface area (Å²) < 4.78 is 0. The molecule has 0 spiro atoms. The predicted octanol–water partition coefficient (Wildman–Crippen LogP) is 0.585. The maximum Gasteiger partial charge on any atom is 0.0157 e. The molecule has 1 rings (SSSR count). The molecule has 1 aliphatic rings. The molecule has 2 nitrogen and oxygen atoms in total. The van der Waals surface area contributed by atoms with Crippen molar-refractivity contribution in [2.75, 3.05) is 25.9 Å². The van der Waals surface area contributed by atoms with Crippen molar-refractivity contribution < 1.29 is 0 Å². The smallest absolute Gasteiger partial charge is 0.0157 e. The van der Waals surface area contributed by atoms with E-state index in [4.69, 9.17) is 5.73 Å². The van der Waals surface area contributed by atoms with Gasteiger partial charge in [-0.25, -0.2) is 0 Å². The molecule has 0 amide bonds. The van der Waals surface area contributed by atoms with Crippen molar-refractivity contribution >= 4 is 12.6 Å². The number of piperidine rings is 1. The lowest BCUT2D eigenvalue weighted by Crippen LogP contribution is -2.40. The van der Waals surface area contributed by atoms with E-state index in [1.54, 1.807) is 0 Å². The maximum atomic E-state index is 5.90. The Balaban J connectivity index is 2.27. The zero-order chi connectivity index (χ0) is 8.27. The van der Waals surface area contributed by atoms with Crippen LogP contribution in [0.5, 0.6) is 0 Å². The van der Waals surface area contributed by atoms with Crippen LogP contribution in [-0.2, 0) is 0 Å². The third-order valence-electron chi connectivity index (χ3n) is 2.58. The molecule has 0 aliphatic carbocycles. The highest BCUT2D eigenvalue weighted by molar-refractivity contribution is 7.80. The SMILES string of the molecule is CN1CCC(C(N)CS)CC1. The van der Waals surface area contributed by atoms with Gasteiger partial charge < -0.3 is 10.6 Å². The summed E-state index contributed by atoms with van der Waals surface area (Å²) in [5.74, 6) is 1.54. The van der Waals surface area contributed by atoms with Crippen LogP contribution in [0.2, 0.25) is 0 Å². The molecule has 1 aliphatic heterocycles. The van der Waals surface area contributed by atoms with Crippen molar-refractivity contribution in [3.05, 3.63) is 0 Å². The van der Waals surface area contributed by atoms with Crippen LogP contribution in [0.1, 0.15) is 12.8 Å². The first kappa shape index (κ1) is 9.36. The van der Waals surface area contributed by atoms with Gasteiger partial charge in [-0.1, -0.05) is 0 Å². The van der Waals surface area contributed by atoms with Gasteiger partial charge in [0.2, 0.25) is 0 Å². The molecule has 1 fully saturated rings. The quantitative estimate of drug-likeness (QED) is 0.600. The Bertz CT molecular complexity index is 111. The Labute approximate surface area is 74.5 Å². The summed E-state index contributed by atoms with van der Waals surface area (Å²) in [5.41, 5.74) is 5.90. The molecule has 1 heterocycles. The highest BCUT2D eigenvalue weighted by Crippen LogP contribution is 2.18. The number of hydrogen-bond donors (Lipinski definition) is 2. The van der Waals surface area contributed by atoms with Crippen LogP contribution in [0.15, 0.2) is 0 Å². The summed E-state index contributed by atoms with van der Waals surface area (Å²) in [5, 5.41) is 0. The van der Waals surface area contributed by atoms with Crippen LogP contribution in [-0.4, -0.2) is 36.8 Å². The van der Waals surface area contributed by atoms with Crippen LogP contribution in [0.3, 0.4) is 0 Å². The largest absolute Gasteiger partial charge is 0.327 e. The zero-order valence-corrected chi connectivity index (χ0v) is 8.06. The molecule has 0 bridgehead atoms. The molecule has 66 valence electrons. The summed E-state index contributed by atoms with van der Waals surface area (Å²) in [6.45, 7) is 2.40. The normalized spacial score (nSPS) is 25.4. The van der Waals surface area contributed by atoms with E-state index in [9.17, 15) is 0 Å². The summed E-state index contributed by atoms with van der Waals surface area (Å²) in [6, 6.07) is 0.312. The van der Waals surface area contributed by atoms with Crippen LogP contribution >= 0.6 is 12.6 Å². The average molecular weight is 174 g/mol. The monoisotopic (exact) mass is 174 g/mol. The second-order valence-electron chi connectivity index (χ2n) is 3.49. The van der Waals surface area contributed by atoms with Crippen molar-refractivity contribution in [3.8, 4) is 0 Å². The Morgan fingerprint density at radius 3 is 2.55 bits per heavy atom. The lowest BCUT2D eigenvalue weighted by molar-refractivity contribution is 0.204. The molecule has 3 heteroatoms. The van der Waals surface area contributed by atoms with Gasteiger partial charge in [0.05, 0.1) is 0 Å². The number of hydrogen-bond acceptors (Lipinski definition) is 3. The molecule has 1 unspecified atom stereocenters. The van der Waals surface area contributed by atoms with E-state index in [1.807, 2.05) is 0 Å². The van der Waals surface area contributed by atoms with E-state index in [-0.39, 0.29) is 0 Å². The fourth-order valence-corrected chi connectivity index (χ4v) is 1.90. The lowest BCUT2D eigenvalue weighted by Gasteiger charge is -2.31. The van der Waals surface area contributed by atoms with Gasteiger partial charge in [0.15, 0.2) is 0 Å². The lowest BCUT2D eigenvalue weighted by atomic mass is 9.91. The zero-order valence-electron chi connectivity index (χ0n) is 7.16. The van der Waals surface area contributed by atoms with Crippen LogP contribution in [0.25, 0.3) is 0 Å². The van der Waals surface area contributed by atoms with E-state index in [1.165, 1.54) is 25.9 Å². The second-order valence-corrected chi connectivity index (χ2v) is 3.85. The highest BCUT2D eigenvalue weighted by Gasteiger charge is 2.21. The van der Waals surface area contributed by atoms with E-state index in [2.05, 4.69) is 24.6 Å². The number of likely N-dealkylation sites (tertiary alicyclic amines) is 1. The van der Waals surface area contributed by atoms with Gasteiger partial charge in [0.1, 0.15) is 0 Å². The molecule has 2 N–H and O–H groups in total. The molecule has 0 aromatic heterocycles. The van der Waals surface area contributed by atoms with Gasteiger partial charge in [0.25, 0.3) is 0 Å². The fourth-order valence-electron chi connectivity index (χ4n) is 1.61. The molecule has 0 aromatic rings. The molecular weight excluding hydrogens is 156 g/mol. The van der Waals surface area contributed by atoms with Crippen molar-refractivity contribution in [3.63, 3.8) is 0 Å². The third-order valence-corrected chi connectivity index (χ3v) is 3.00. The van der Waals surface area contributed by atoms with E-state index < -0.39 is 0 Å². The first-order valence-electron chi connectivity index (χ1n) is 4.29. The van der Waals surface area contributed by atoms with E-state index in [0.29, 0.717) is 12.0 Å².